The van der Waals surface area contributed by atoms with Gasteiger partial charge in [-0.2, -0.15) is 0 Å². The van der Waals surface area contributed by atoms with E-state index in [4.69, 9.17) is 4.42 Å². The van der Waals surface area contributed by atoms with Crippen molar-refractivity contribution in [2.45, 2.75) is 6.92 Å². The average molecular weight is 184 g/mol. The third-order valence-corrected chi connectivity index (χ3v) is 2.07. The molecule has 0 aliphatic heterocycles. The van der Waals surface area contributed by atoms with Gasteiger partial charge in [-0.05, 0) is 30.7 Å². The molecule has 0 fully saturated rings. The molecule has 1 nitrogen and oxygen atoms in total. The molecule has 0 saturated heterocycles. The van der Waals surface area contributed by atoms with E-state index in [0.29, 0.717) is 0 Å². The van der Waals surface area contributed by atoms with E-state index in [1.54, 1.807) is 6.26 Å². The predicted octanol–water partition coefficient (Wildman–Crippen LogP) is 4.02. The van der Waals surface area contributed by atoms with E-state index in [1.165, 1.54) is 5.56 Å². The first-order chi connectivity index (χ1) is 6.90. The highest BCUT2D eigenvalue weighted by molar-refractivity contribution is 5.80. The smallest absolute Gasteiger partial charge is 0.133 e. The second-order valence-electron chi connectivity index (χ2n) is 3.10. The van der Waals surface area contributed by atoms with Gasteiger partial charge in [0.1, 0.15) is 5.58 Å². The standard InChI is InChI=1S/C13H12O/c1-2-3-4-5-11-6-7-13-12(10-11)8-9-14-13/h2-10H,1H3. The second kappa shape index (κ2) is 3.97. The summed E-state index contributed by atoms with van der Waals surface area (Å²) < 4.78 is 5.26. The van der Waals surface area contributed by atoms with Crippen LogP contribution in [0.15, 0.2) is 53.2 Å². The van der Waals surface area contributed by atoms with E-state index in [2.05, 4.69) is 12.1 Å². The lowest BCUT2D eigenvalue weighted by Gasteiger charge is -1.92. The minimum atomic E-state index is 0.938. The summed E-state index contributed by atoms with van der Waals surface area (Å²) in [5, 5.41) is 1.15. The maximum absolute atomic E-state index is 5.26. The Bertz CT molecular complexity index is 475. The highest BCUT2D eigenvalue weighted by Gasteiger charge is 1.95. The topological polar surface area (TPSA) is 13.1 Å². The van der Waals surface area contributed by atoms with Gasteiger partial charge in [0.25, 0.3) is 0 Å². The Labute approximate surface area is 83.4 Å². The van der Waals surface area contributed by atoms with Crippen molar-refractivity contribution in [1.82, 2.24) is 0 Å². The molecule has 0 N–H and O–H groups in total. The van der Waals surface area contributed by atoms with Crippen LogP contribution < -0.4 is 0 Å². The van der Waals surface area contributed by atoms with Gasteiger partial charge in [-0.3, -0.25) is 0 Å². The van der Waals surface area contributed by atoms with Crippen LogP contribution in [-0.2, 0) is 0 Å². The quantitative estimate of drug-likeness (QED) is 0.642. The number of hydrogen-bond donors (Lipinski definition) is 0. The van der Waals surface area contributed by atoms with Crippen molar-refractivity contribution in [1.29, 1.82) is 0 Å². The first-order valence-electron chi connectivity index (χ1n) is 4.67. The summed E-state index contributed by atoms with van der Waals surface area (Å²) in [4.78, 5) is 0. The fourth-order valence-electron chi connectivity index (χ4n) is 1.37. The molecule has 0 amide bonds. The van der Waals surface area contributed by atoms with Gasteiger partial charge >= 0.3 is 0 Å². The van der Waals surface area contributed by atoms with Crippen LogP contribution in [0.25, 0.3) is 17.0 Å². The van der Waals surface area contributed by atoms with E-state index in [9.17, 15) is 0 Å². The maximum atomic E-state index is 5.26. The lowest BCUT2D eigenvalue weighted by atomic mass is 10.1. The Morgan fingerprint density at radius 2 is 2.07 bits per heavy atom. The van der Waals surface area contributed by atoms with Crippen molar-refractivity contribution in [2.24, 2.45) is 0 Å². The Morgan fingerprint density at radius 1 is 1.14 bits per heavy atom. The summed E-state index contributed by atoms with van der Waals surface area (Å²) in [5.74, 6) is 0. The Hall–Kier alpha value is -1.76. The summed E-state index contributed by atoms with van der Waals surface area (Å²) in [6.45, 7) is 2.00. The highest BCUT2D eigenvalue weighted by Crippen LogP contribution is 2.17. The van der Waals surface area contributed by atoms with E-state index in [0.717, 1.165) is 11.0 Å². The van der Waals surface area contributed by atoms with Crippen LogP contribution in [0.5, 0.6) is 0 Å². The largest absolute Gasteiger partial charge is 0.464 e. The monoisotopic (exact) mass is 184 g/mol. The molecule has 0 bridgehead atoms. The fraction of sp³-hybridized carbons (Fsp3) is 0.0769. The van der Waals surface area contributed by atoms with Gasteiger partial charge in [0.2, 0.25) is 0 Å². The van der Waals surface area contributed by atoms with E-state index in [1.807, 2.05) is 43.4 Å². The molecule has 2 aromatic rings. The molecule has 1 aromatic carbocycles. The summed E-state index contributed by atoms with van der Waals surface area (Å²) in [6, 6.07) is 8.12. The number of hydrogen-bond acceptors (Lipinski definition) is 1. The molecule has 0 unspecified atom stereocenters. The van der Waals surface area contributed by atoms with Crippen molar-refractivity contribution in [3.8, 4) is 0 Å². The normalized spacial score (nSPS) is 12.1. The Balaban J connectivity index is 2.34. The van der Waals surface area contributed by atoms with Gasteiger partial charge in [-0.25, -0.2) is 0 Å². The van der Waals surface area contributed by atoms with Crippen LogP contribution in [0.4, 0.5) is 0 Å². The first-order valence-corrected chi connectivity index (χ1v) is 4.67. The molecule has 0 aliphatic rings. The van der Waals surface area contributed by atoms with Crippen LogP contribution in [0.1, 0.15) is 12.5 Å². The number of fused-ring (bicyclic) bond motifs is 1. The molecule has 2 rings (SSSR count). The summed E-state index contributed by atoms with van der Waals surface area (Å²) in [7, 11) is 0. The fourth-order valence-corrected chi connectivity index (χ4v) is 1.37. The molecule has 0 saturated carbocycles. The van der Waals surface area contributed by atoms with Gasteiger partial charge in [-0.1, -0.05) is 30.4 Å². The van der Waals surface area contributed by atoms with Crippen molar-refractivity contribution in [3.05, 3.63) is 54.3 Å². The van der Waals surface area contributed by atoms with E-state index >= 15 is 0 Å². The molecule has 1 heteroatoms. The van der Waals surface area contributed by atoms with Crippen LogP contribution >= 0.6 is 0 Å². The lowest BCUT2D eigenvalue weighted by Crippen LogP contribution is -1.70. The zero-order valence-electron chi connectivity index (χ0n) is 8.10. The van der Waals surface area contributed by atoms with Crippen LogP contribution in [-0.4, -0.2) is 0 Å². The molecule has 0 aliphatic carbocycles. The van der Waals surface area contributed by atoms with Gasteiger partial charge in [-0.15, -0.1) is 0 Å². The third kappa shape index (κ3) is 1.77. The van der Waals surface area contributed by atoms with Crippen molar-refractivity contribution in [2.75, 3.05) is 0 Å². The number of rotatable bonds is 2. The SMILES string of the molecule is CC=CC=Cc1ccc2occc2c1. The third-order valence-electron chi connectivity index (χ3n) is 2.07. The summed E-state index contributed by atoms with van der Waals surface area (Å²) in [6.07, 6.45) is 9.84. The van der Waals surface area contributed by atoms with E-state index in [-0.39, 0.29) is 0 Å². The first kappa shape index (κ1) is 8.82. The Kier molecular flexibility index (Phi) is 2.50. The van der Waals surface area contributed by atoms with Gasteiger partial charge < -0.3 is 4.42 Å². The number of benzene rings is 1. The van der Waals surface area contributed by atoms with Crippen molar-refractivity contribution < 1.29 is 4.42 Å². The molecule has 1 heterocycles. The number of allylic oxidation sites excluding steroid dienone is 3. The molecular formula is C13H12O. The highest BCUT2D eigenvalue weighted by atomic mass is 16.3. The lowest BCUT2D eigenvalue weighted by molar-refractivity contribution is 0.616. The molecule has 70 valence electrons. The number of furan rings is 1. The zero-order chi connectivity index (χ0) is 9.80. The predicted molar refractivity (Wildman–Crippen MR) is 60.1 cm³/mol. The van der Waals surface area contributed by atoms with Gasteiger partial charge in [0.05, 0.1) is 6.26 Å². The van der Waals surface area contributed by atoms with Gasteiger partial charge in [0.15, 0.2) is 0 Å². The van der Waals surface area contributed by atoms with Crippen LogP contribution in [0, 0.1) is 0 Å². The molecule has 0 atom stereocenters. The second-order valence-corrected chi connectivity index (χ2v) is 3.10. The van der Waals surface area contributed by atoms with Crippen molar-refractivity contribution >= 4 is 17.0 Å². The van der Waals surface area contributed by atoms with Crippen LogP contribution in [0.3, 0.4) is 0 Å². The molecule has 14 heavy (non-hydrogen) atoms. The minimum Gasteiger partial charge on any atom is -0.464 e. The van der Waals surface area contributed by atoms with Crippen LogP contribution in [0.2, 0.25) is 0 Å². The van der Waals surface area contributed by atoms with Crippen molar-refractivity contribution in [3.63, 3.8) is 0 Å². The Morgan fingerprint density at radius 3 is 2.93 bits per heavy atom. The van der Waals surface area contributed by atoms with E-state index < -0.39 is 0 Å². The molecule has 1 aromatic heterocycles. The average Bonchev–Trinajstić information content (AvgIpc) is 2.65. The summed E-state index contributed by atoms with van der Waals surface area (Å²) >= 11 is 0. The zero-order valence-corrected chi connectivity index (χ0v) is 8.10. The molecule has 0 spiro atoms. The maximum Gasteiger partial charge on any atom is 0.133 e. The minimum absolute atomic E-state index is 0.938. The summed E-state index contributed by atoms with van der Waals surface area (Å²) in [5.41, 5.74) is 2.13. The van der Waals surface area contributed by atoms with Gasteiger partial charge in [0, 0.05) is 5.39 Å². The molecule has 0 radical (unpaired) electrons. The molecular weight excluding hydrogens is 172 g/mol.